The molecule has 1 N–H and O–H groups in total. The van der Waals surface area contributed by atoms with E-state index in [9.17, 15) is 8.42 Å². The van der Waals surface area contributed by atoms with Crippen LogP contribution in [0, 0.1) is 6.92 Å². The molecule has 2 aromatic rings. The summed E-state index contributed by atoms with van der Waals surface area (Å²) in [6.07, 6.45) is 2.78. The maximum atomic E-state index is 12.6. The van der Waals surface area contributed by atoms with Crippen LogP contribution in [-0.2, 0) is 10.0 Å². The Hall–Kier alpha value is -0.800. The lowest BCUT2D eigenvalue weighted by atomic mass is 10.1. The number of aryl methyl sites for hydroxylation is 1. The number of aromatic nitrogens is 1. The first-order chi connectivity index (χ1) is 10.9. The van der Waals surface area contributed by atoms with Gasteiger partial charge in [0.15, 0.2) is 0 Å². The summed E-state index contributed by atoms with van der Waals surface area (Å²) < 4.78 is 28.5. The molecule has 0 saturated carbocycles. The van der Waals surface area contributed by atoms with Crippen molar-refractivity contribution in [3.8, 4) is 10.6 Å². The van der Waals surface area contributed by atoms with E-state index < -0.39 is 10.0 Å². The molecule has 1 unspecified atom stereocenters. The summed E-state index contributed by atoms with van der Waals surface area (Å²) in [5, 5.41) is 2.95. The largest absolute Gasteiger partial charge is 0.306 e. The lowest BCUT2D eigenvalue weighted by molar-refractivity contribution is 0.346. The molecule has 2 aromatic heterocycles. The second kappa shape index (κ2) is 6.98. The highest BCUT2D eigenvalue weighted by Gasteiger charge is 2.24. The number of thiophene rings is 1. The van der Waals surface area contributed by atoms with Crippen LogP contribution < -0.4 is 4.72 Å². The molecule has 1 fully saturated rings. The molecule has 0 radical (unpaired) electrons. The summed E-state index contributed by atoms with van der Waals surface area (Å²) >= 11 is 2.86. The minimum absolute atomic E-state index is 0.0250. The summed E-state index contributed by atoms with van der Waals surface area (Å²) in [6, 6.07) is 3.55. The second-order valence-electron chi connectivity index (χ2n) is 5.92. The van der Waals surface area contributed by atoms with E-state index in [1.807, 2.05) is 18.4 Å². The highest BCUT2D eigenvalue weighted by Crippen LogP contribution is 2.31. The molecule has 1 aliphatic heterocycles. The Bertz CT molecular complexity index is 767. The standard InChI is InChI=1S/C15H21N3O2S3/c1-11-16-13(10-21-11)14-5-6-15(22-14)23(19,20)17-12-4-3-8-18(2)9-7-12/h5-6,10,12,17H,3-4,7-9H2,1-2H3. The van der Waals surface area contributed by atoms with Crippen LogP contribution in [-0.4, -0.2) is 44.5 Å². The fraction of sp³-hybridized carbons (Fsp3) is 0.533. The number of likely N-dealkylation sites (tertiary alicyclic amines) is 1. The van der Waals surface area contributed by atoms with Crippen molar-refractivity contribution in [2.24, 2.45) is 0 Å². The van der Waals surface area contributed by atoms with Gasteiger partial charge < -0.3 is 4.90 Å². The predicted octanol–water partition coefficient (Wildman–Crippen LogP) is 2.94. The molecule has 1 aliphatic rings. The molecule has 0 aliphatic carbocycles. The van der Waals surface area contributed by atoms with Gasteiger partial charge in [-0.2, -0.15) is 0 Å². The Morgan fingerprint density at radius 1 is 1.30 bits per heavy atom. The van der Waals surface area contributed by atoms with Gasteiger partial charge in [-0.15, -0.1) is 22.7 Å². The van der Waals surface area contributed by atoms with E-state index in [0.29, 0.717) is 4.21 Å². The molecular weight excluding hydrogens is 350 g/mol. The summed E-state index contributed by atoms with van der Waals surface area (Å²) in [6.45, 7) is 3.91. The molecule has 0 bridgehead atoms. The fourth-order valence-corrected chi connectivity index (χ4v) is 5.99. The van der Waals surface area contributed by atoms with Crippen LogP contribution in [0.25, 0.3) is 10.6 Å². The highest BCUT2D eigenvalue weighted by molar-refractivity contribution is 7.91. The molecule has 1 atom stereocenters. The molecular formula is C15H21N3O2S3. The molecule has 0 amide bonds. The van der Waals surface area contributed by atoms with Crippen LogP contribution in [0.2, 0.25) is 0 Å². The molecule has 3 rings (SSSR count). The minimum atomic E-state index is -3.45. The van der Waals surface area contributed by atoms with Gasteiger partial charge in [0.25, 0.3) is 0 Å². The Morgan fingerprint density at radius 3 is 2.87 bits per heavy atom. The Kier molecular flexibility index (Phi) is 5.17. The highest BCUT2D eigenvalue weighted by atomic mass is 32.2. The molecule has 126 valence electrons. The maximum Gasteiger partial charge on any atom is 0.250 e. The average Bonchev–Trinajstić information content (AvgIpc) is 3.09. The third-order valence-corrected chi connectivity index (χ3v) is 7.88. The molecule has 8 heteroatoms. The normalized spacial score (nSPS) is 20.5. The summed E-state index contributed by atoms with van der Waals surface area (Å²) in [4.78, 5) is 7.57. The molecule has 23 heavy (non-hydrogen) atoms. The van der Waals surface area contributed by atoms with Crippen LogP contribution >= 0.6 is 22.7 Å². The van der Waals surface area contributed by atoms with Crippen LogP contribution in [0.1, 0.15) is 24.3 Å². The van der Waals surface area contributed by atoms with E-state index >= 15 is 0 Å². The number of hydrogen-bond donors (Lipinski definition) is 1. The van der Waals surface area contributed by atoms with Crippen molar-refractivity contribution in [1.82, 2.24) is 14.6 Å². The van der Waals surface area contributed by atoms with Crippen molar-refractivity contribution >= 4 is 32.7 Å². The van der Waals surface area contributed by atoms with Gasteiger partial charge in [0.2, 0.25) is 10.0 Å². The fourth-order valence-electron chi connectivity index (χ4n) is 2.71. The van der Waals surface area contributed by atoms with Gasteiger partial charge in [-0.05, 0) is 58.5 Å². The van der Waals surface area contributed by atoms with Crippen molar-refractivity contribution in [2.75, 3.05) is 20.1 Å². The molecule has 0 spiro atoms. The van der Waals surface area contributed by atoms with Crippen molar-refractivity contribution in [3.63, 3.8) is 0 Å². The number of nitrogens with one attached hydrogen (secondary N) is 1. The molecule has 3 heterocycles. The van der Waals surface area contributed by atoms with Gasteiger partial charge in [0, 0.05) is 11.4 Å². The quantitative estimate of drug-likeness (QED) is 0.898. The van der Waals surface area contributed by atoms with E-state index in [1.165, 1.54) is 11.3 Å². The van der Waals surface area contributed by atoms with Crippen LogP contribution in [0.4, 0.5) is 0 Å². The van der Waals surface area contributed by atoms with E-state index in [4.69, 9.17) is 0 Å². The summed E-state index contributed by atoms with van der Waals surface area (Å²) in [5.74, 6) is 0. The van der Waals surface area contributed by atoms with Crippen LogP contribution in [0.15, 0.2) is 21.7 Å². The third-order valence-electron chi connectivity index (χ3n) is 3.99. The summed E-state index contributed by atoms with van der Waals surface area (Å²) in [5.41, 5.74) is 0.857. The van der Waals surface area contributed by atoms with Gasteiger partial charge >= 0.3 is 0 Å². The first-order valence-electron chi connectivity index (χ1n) is 7.67. The lowest BCUT2D eigenvalue weighted by Gasteiger charge is -2.16. The Balaban J connectivity index is 1.73. The zero-order valence-electron chi connectivity index (χ0n) is 13.3. The van der Waals surface area contributed by atoms with Crippen LogP contribution in [0.3, 0.4) is 0 Å². The van der Waals surface area contributed by atoms with Gasteiger partial charge in [-0.1, -0.05) is 0 Å². The lowest BCUT2D eigenvalue weighted by Crippen LogP contribution is -2.35. The molecule has 1 saturated heterocycles. The number of hydrogen-bond acceptors (Lipinski definition) is 6. The number of sulfonamides is 1. The van der Waals surface area contributed by atoms with Crippen LogP contribution in [0.5, 0.6) is 0 Å². The second-order valence-corrected chi connectivity index (χ2v) is 10.0. The zero-order valence-corrected chi connectivity index (χ0v) is 15.7. The van der Waals surface area contributed by atoms with Crippen molar-refractivity contribution in [1.29, 1.82) is 0 Å². The first kappa shape index (κ1) is 17.0. The molecule has 5 nitrogen and oxygen atoms in total. The monoisotopic (exact) mass is 371 g/mol. The number of rotatable bonds is 4. The topological polar surface area (TPSA) is 62.3 Å². The van der Waals surface area contributed by atoms with E-state index in [2.05, 4.69) is 21.7 Å². The number of thiazole rings is 1. The Labute approximate surface area is 145 Å². The third kappa shape index (κ3) is 4.19. The SMILES string of the molecule is Cc1nc(-c2ccc(S(=O)(=O)NC3CCCN(C)CC3)s2)cs1. The smallest absolute Gasteiger partial charge is 0.250 e. The van der Waals surface area contributed by atoms with Crippen molar-refractivity contribution < 1.29 is 8.42 Å². The van der Waals surface area contributed by atoms with E-state index in [-0.39, 0.29) is 6.04 Å². The van der Waals surface area contributed by atoms with Crippen molar-refractivity contribution in [3.05, 3.63) is 22.5 Å². The predicted molar refractivity (Wildman–Crippen MR) is 95.6 cm³/mol. The Morgan fingerprint density at radius 2 is 2.13 bits per heavy atom. The summed E-state index contributed by atoms with van der Waals surface area (Å²) in [7, 11) is -1.37. The zero-order chi connectivity index (χ0) is 16.4. The van der Waals surface area contributed by atoms with Crippen molar-refractivity contribution in [2.45, 2.75) is 36.4 Å². The van der Waals surface area contributed by atoms with E-state index in [1.54, 1.807) is 17.4 Å². The molecule has 0 aromatic carbocycles. The van der Waals surface area contributed by atoms with Gasteiger partial charge in [0.1, 0.15) is 4.21 Å². The number of nitrogens with zero attached hydrogens (tertiary/aromatic N) is 2. The van der Waals surface area contributed by atoms with Gasteiger partial charge in [0.05, 0.1) is 15.6 Å². The van der Waals surface area contributed by atoms with Gasteiger partial charge in [-0.3, -0.25) is 0 Å². The maximum absolute atomic E-state index is 12.6. The average molecular weight is 372 g/mol. The van der Waals surface area contributed by atoms with E-state index in [0.717, 1.165) is 47.9 Å². The van der Waals surface area contributed by atoms with Gasteiger partial charge in [-0.25, -0.2) is 18.1 Å². The first-order valence-corrected chi connectivity index (χ1v) is 10.9. The minimum Gasteiger partial charge on any atom is -0.306 e.